The van der Waals surface area contributed by atoms with Gasteiger partial charge in [0.1, 0.15) is 0 Å². The standard InChI is InChI=1S/C21H32N2/c1-4-6-8-15-22-19-14-13-17(3)21-18(19)11-10-12-20(21)23-16-9-7-5-2/h10-14,22-23H,4-9,15-16H2,1-3H3. The van der Waals surface area contributed by atoms with Crippen LogP contribution in [0.2, 0.25) is 0 Å². The van der Waals surface area contributed by atoms with E-state index in [1.54, 1.807) is 0 Å². The van der Waals surface area contributed by atoms with Crippen molar-refractivity contribution in [3.05, 3.63) is 35.9 Å². The molecule has 0 aliphatic rings. The molecule has 0 radical (unpaired) electrons. The third-order valence-electron chi connectivity index (χ3n) is 4.44. The van der Waals surface area contributed by atoms with Crippen LogP contribution in [0.5, 0.6) is 0 Å². The number of unbranched alkanes of at least 4 members (excludes halogenated alkanes) is 4. The molecule has 0 aliphatic heterocycles. The summed E-state index contributed by atoms with van der Waals surface area (Å²) >= 11 is 0. The first-order chi connectivity index (χ1) is 11.3. The molecular weight excluding hydrogens is 280 g/mol. The Bertz CT molecular complexity index is 604. The molecule has 0 saturated heterocycles. The molecule has 2 aromatic carbocycles. The molecule has 0 amide bonds. The highest BCUT2D eigenvalue weighted by atomic mass is 14.9. The summed E-state index contributed by atoms with van der Waals surface area (Å²) in [4.78, 5) is 0. The van der Waals surface area contributed by atoms with Gasteiger partial charge in [0.05, 0.1) is 0 Å². The van der Waals surface area contributed by atoms with Crippen LogP contribution in [0.25, 0.3) is 10.8 Å². The first-order valence-corrected chi connectivity index (χ1v) is 9.28. The highest BCUT2D eigenvalue weighted by molar-refractivity contribution is 6.03. The van der Waals surface area contributed by atoms with E-state index in [1.165, 1.54) is 66.2 Å². The highest BCUT2D eigenvalue weighted by Crippen LogP contribution is 2.32. The SMILES string of the molecule is CCCCCNc1ccc(C)c2c(NCCCCC)cccc12. The van der Waals surface area contributed by atoms with Crippen LogP contribution in [0, 0.1) is 6.92 Å². The third-order valence-corrected chi connectivity index (χ3v) is 4.44. The normalized spacial score (nSPS) is 10.9. The van der Waals surface area contributed by atoms with Crippen molar-refractivity contribution in [1.82, 2.24) is 0 Å². The summed E-state index contributed by atoms with van der Waals surface area (Å²) in [5, 5.41) is 9.97. The van der Waals surface area contributed by atoms with Crippen molar-refractivity contribution in [3.63, 3.8) is 0 Å². The summed E-state index contributed by atoms with van der Waals surface area (Å²) in [7, 11) is 0. The molecule has 0 fully saturated rings. The minimum absolute atomic E-state index is 1.06. The molecule has 0 aliphatic carbocycles. The number of hydrogen-bond donors (Lipinski definition) is 2. The van der Waals surface area contributed by atoms with Crippen molar-refractivity contribution in [3.8, 4) is 0 Å². The van der Waals surface area contributed by atoms with Crippen molar-refractivity contribution in [2.75, 3.05) is 23.7 Å². The largest absolute Gasteiger partial charge is 0.385 e. The van der Waals surface area contributed by atoms with Crippen LogP contribution in [-0.2, 0) is 0 Å². The van der Waals surface area contributed by atoms with Crippen molar-refractivity contribution in [2.24, 2.45) is 0 Å². The van der Waals surface area contributed by atoms with E-state index in [0.29, 0.717) is 0 Å². The Kier molecular flexibility index (Phi) is 7.25. The van der Waals surface area contributed by atoms with Crippen molar-refractivity contribution in [2.45, 2.75) is 59.3 Å². The Morgan fingerprint density at radius 1 is 0.739 bits per heavy atom. The zero-order valence-electron chi connectivity index (χ0n) is 15.0. The maximum Gasteiger partial charge on any atom is 0.0423 e. The van der Waals surface area contributed by atoms with E-state index in [4.69, 9.17) is 0 Å². The van der Waals surface area contributed by atoms with E-state index >= 15 is 0 Å². The molecule has 0 bridgehead atoms. The predicted octanol–water partition coefficient (Wildman–Crippen LogP) is 6.35. The molecule has 0 spiro atoms. The molecule has 0 saturated carbocycles. The van der Waals surface area contributed by atoms with Gasteiger partial charge in [0.2, 0.25) is 0 Å². The van der Waals surface area contributed by atoms with Crippen LogP contribution < -0.4 is 10.6 Å². The van der Waals surface area contributed by atoms with Crippen molar-refractivity contribution < 1.29 is 0 Å². The van der Waals surface area contributed by atoms with Crippen molar-refractivity contribution in [1.29, 1.82) is 0 Å². The lowest BCUT2D eigenvalue weighted by atomic mass is 10.0. The summed E-state index contributed by atoms with van der Waals surface area (Å²) in [6.45, 7) is 8.82. The monoisotopic (exact) mass is 312 g/mol. The second-order valence-corrected chi connectivity index (χ2v) is 6.43. The van der Waals surface area contributed by atoms with Crippen LogP contribution >= 0.6 is 0 Å². The number of anilines is 2. The molecular formula is C21H32N2. The fourth-order valence-electron chi connectivity index (χ4n) is 3.08. The first-order valence-electron chi connectivity index (χ1n) is 9.28. The summed E-state index contributed by atoms with van der Waals surface area (Å²) in [6, 6.07) is 11.1. The van der Waals surface area contributed by atoms with Crippen molar-refractivity contribution >= 4 is 22.1 Å². The number of hydrogen-bond acceptors (Lipinski definition) is 2. The van der Waals surface area contributed by atoms with Gasteiger partial charge in [-0.3, -0.25) is 0 Å². The molecule has 126 valence electrons. The van der Waals surface area contributed by atoms with Gasteiger partial charge in [-0.15, -0.1) is 0 Å². The molecule has 0 unspecified atom stereocenters. The molecule has 2 heteroatoms. The van der Waals surface area contributed by atoms with Crippen LogP contribution in [0.3, 0.4) is 0 Å². The second-order valence-electron chi connectivity index (χ2n) is 6.43. The number of nitrogens with one attached hydrogen (secondary N) is 2. The number of aryl methyl sites for hydroxylation is 1. The lowest BCUT2D eigenvalue weighted by Crippen LogP contribution is -2.04. The maximum absolute atomic E-state index is 3.64. The molecule has 2 N–H and O–H groups in total. The van der Waals surface area contributed by atoms with E-state index < -0.39 is 0 Å². The smallest absolute Gasteiger partial charge is 0.0423 e. The van der Waals surface area contributed by atoms with E-state index in [1.807, 2.05) is 0 Å². The Hall–Kier alpha value is -1.70. The Labute approximate surface area is 141 Å². The third kappa shape index (κ3) is 4.89. The lowest BCUT2D eigenvalue weighted by molar-refractivity contribution is 0.744. The summed E-state index contributed by atoms with van der Waals surface area (Å²) in [5.41, 5.74) is 3.88. The number of fused-ring (bicyclic) bond motifs is 1. The van der Waals surface area contributed by atoms with Gasteiger partial charge >= 0.3 is 0 Å². The summed E-state index contributed by atoms with van der Waals surface area (Å²) in [6.07, 6.45) is 7.59. The topological polar surface area (TPSA) is 24.1 Å². The van der Waals surface area contributed by atoms with Crippen LogP contribution in [0.4, 0.5) is 11.4 Å². The number of rotatable bonds is 10. The zero-order valence-corrected chi connectivity index (χ0v) is 15.0. The Morgan fingerprint density at radius 2 is 1.39 bits per heavy atom. The molecule has 0 aromatic heterocycles. The van der Waals surface area contributed by atoms with Gasteiger partial charge in [0, 0.05) is 35.2 Å². The average Bonchev–Trinajstić information content (AvgIpc) is 2.57. The quantitative estimate of drug-likeness (QED) is 0.499. The van der Waals surface area contributed by atoms with Gasteiger partial charge in [-0.2, -0.15) is 0 Å². The first kappa shape index (κ1) is 17.7. The molecule has 0 heterocycles. The van der Waals surface area contributed by atoms with E-state index in [-0.39, 0.29) is 0 Å². The lowest BCUT2D eigenvalue weighted by Gasteiger charge is -2.16. The van der Waals surface area contributed by atoms with Crippen LogP contribution in [-0.4, -0.2) is 13.1 Å². The molecule has 2 nitrogen and oxygen atoms in total. The van der Waals surface area contributed by atoms with Crippen LogP contribution in [0.15, 0.2) is 30.3 Å². The predicted molar refractivity (Wildman–Crippen MR) is 105 cm³/mol. The second kappa shape index (κ2) is 9.44. The van der Waals surface area contributed by atoms with Crippen LogP contribution in [0.1, 0.15) is 57.9 Å². The fraction of sp³-hybridized carbons (Fsp3) is 0.524. The maximum atomic E-state index is 3.64. The van der Waals surface area contributed by atoms with Gasteiger partial charge in [-0.05, 0) is 37.5 Å². The minimum atomic E-state index is 1.06. The molecule has 23 heavy (non-hydrogen) atoms. The van der Waals surface area contributed by atoms with Gasteiger partial charge in [-0.25, -0.2) is 0 Å². The van der Waals surface area contributed by atoms with Gasteiger partial charge < -0.3 is 10.6 Å². The van der Waals surface area contributed by atoms with E-state index in [0.717, 1.165) is 13.1 Å². The Morgan fingerprint density at radius 3 is 2.04 bits per heavy atom. The average molecular weight is 313 g/mol. The highest BCUT2D eigenvalue weighted by Gasteiger charge is 2.07. The molecule has 2 aromatic rings. The molecule has 2 rings (SSSR count). The van der Waals surface area contributed by atoms with E-state index in [2.05, 4.69) is 61.7 Å². The zero-order chi connectivity index (χ0) is 16.5. The van der Waals surface area contributed by atoms with Gasteiger partial charge in [0.15, 0.2) is 0 Å². The van der Waals surface area contributed by atoms with E-state index in [9.17, 15) is 0 Å². The summed E-state index contributed by atoms with van der Waals surface area (Å²) < 4.78 is 0. The van der Waals surface area contributed by atoms with Gasteiger partial charge in [-0.1, -0.05) is 57.7 Å². The Balaban J connectivity index is 2.18. The molecule has 0 atom stereocenters. The van der Waals surface area contributed by atoms with Gasteiger partial charge in [0.25, 0.3) is 0 Å². The minimum Gasteiger partial charge on any atom is -0.385 e. The fourth-order valence-corrected chi connectivity index (χ4v) is 3.08. The number of benzene rings is 2. The summed E-state index contributed by atoms with van der Waals surface area (Å²) in [5.74, 6) is 0.